The van der Waals surface area contributed by atoms with E-state index in [1.165, 1.54) is 11.8 Å². The molecule has 2 aliphatic rings. The zero-order valence-electron chi connectivity index (χ0n) is 13.5. The Morgan fingerprint density at radius 3 is 2.96 bits per heavy atom. The van der Waals surface area contributed by atoms with E-state index >= 15 is 0 Å². The van der Waals surface area contributed by atoms with E-state index in [9.17, 15) is 4.79 Å². The lowest BCUT2D eigenvalue weighted by Gasteiger charge is -2.29. The molecule has 8 heteroatoms. The van der Waals surface area contributed by atoms with Gasteiger partial charge in [-0.2, -0.15) is 5.10 Å². The van der Waals surface area contributed by atoms with E-state index in [4.69, 9.17) is 23.2 Å². The molecule has 0 saturated heterocycles. The summed E-state index contributed by atoms with van der Waals surface area (Å²) < 4.78 is 0. The van der Waals surface area contributed by atoms with E-state index in [2.05, 4.69) is 21.5 Å². The van der Waals surface area contributed by atoms with Crippen LogP contribution in [0.25, 0.3) is 0 Å². The van der Waals surface area contributed by atoms with Gasteiger partial charge in [-0.25, -0.2) is 10.0 Å². The van der Waals surface area contributed by atoms with Gasteiger partial charge in [0.25, 0.3) is 0 Å². The van der Waals surface area contributed by atoms with Crippen LogP contribution in [-0.4, -0.2) is 28.1 Å². The lowest BCUT2D eigenvalue weighted by Crippen LogP contribution is -2.29. The highest BCUT2D eigenvalue weighted by Crippen LogP contribution is 2.40. The number of hydrogen-bond acceptors (Lipinski definition) is 5. The Morgan fingerprint density at radius 2 is 2.08 bits per heavy atom. The van der Waals surface area contributed by atoms with Gasteiger partial charge in [0.15, 0.2) is 5.17 Å². The number of hydrogen-bond donors (Lipinski definition) is 1. The van der Waals surface area contributed by atoms with Gasteiger partial charge in [-0.15, -0.1) is 0 Å². The summed E-state index contributed by atoms with van der Waals surface area (Å²) in [5, 5.41) is 10.5. The average Bonchev–Trinajstić information content (AvgIpc) is 3.14. The van der Waals surface area contributed by atoms with Gasteiger partial charge in [0.05, 0.1) is 33.2 Å². The fraction of sp³-hybridized carbons (Fsp3) is 0.167. The molecule has 0 fully saturated rings. The number of amides is 1. The second-order valence-electron chi connectivity index (χ2n) is 5.79. The third-order valence-electron chi connectivity index (χ3n) is 4.10. The van der Waals surface area contributed by atoms with Crippen molar-refractivity contribution in [2.45, 2.75) is 12.5 Å². The first-order valence-corrected chi connectivity index (χ1v) is 9.73. The Kier molecular flexibility index (Phi) is 4.89. The first-order chi connectivity index (χ1) is 12.6. The number of amidine groups is 1. The number of para-hydroxylation sites is 1. The maximum atomic E-state index is 12.3. The number of carbonyl (C=O) groups is 1. The predicted molar refractivity (Wildman–Crippen MR) is 109 cm³/mol. The van der Waals surface area contributed by atoms with Crippen LogP contribution in [0.1, 0.15) is 18.0 Å². The molecule has 1 N–H and O–H groups in total. The van der Waals surface area contributed by atoms with Gasteiger partial charge in [0.2, 0.25) is 5.91 Å². The molecule has 0 spiro atoms. The van der Waals surface area contributed by atoms with Crippen molar-refractivity contribution in [2.24, 2.45) is 10.1 Å². The van der Waals surface area contributed by atoms with Gasteiger partial charge in [-0.3, -0.25) is 4.79 Å². The lowest BCUT2D eigenvalue weighted by atomic mass is 10.0. The van der Waals surface area contributed by atoms with E-state index in [0.717, 1.165) is 22.8 Å². The van der Waals surface area contributed by atoms with E-state index in [1.54, 1.807) is 18.2 Å². The lowest BCUT2D eigenvalue weighted by molar-refractivity contribution is -0.113. The van der Waals surface area contributed by atoms with Crippen LogP contribution < -0.4 is 5.32 Å². The number of nitrogens with zero attached hydrogens (tertiary/aromatic N) is 3. The summed E-state index contributed by atoms with van der Waals surface area (Å²) in [6, 6.07) is 13.3. The highest BCUT2D eigenvalue weighted by molar-refractivity contribution is 8.14. The Hall–Kier alpha value is -2.02. The summed E-state index contributed by atoms with van der Waals surface area (Å²) in [6.07, 6.45) is 2.72. The highest BCUT2D eigenvalue weighted by atomic mass is 35.5. The SMILES string of the molecule is O=C(CSC1=Nc2ccccc2[C@H]2CC=NN12)Nc1cccc(Cl)c1Cl. The third kappa shape index (κ3) is 3.32. The average molecular weight is 405 g/mol. The summed E-state index contributed by atoms with van der Waals surface area (Å²) >= 11 is 13.4. The van der Waals surface area contributed by atoms with Crippen LogP contribution in [-0.2, 0) is 4.79 Å². The summed E-state index contributed by atoms with van der Waals surface area (Å²) in [5.41, 5.74) is 2.59. The molecule has 1 amide bonds. The van der Waals surface area contributed by atoms with E-state index in [-0.39, 0.29) is 17.7 Å². The Balaban J connectivity index is 1.47. The van der Waals surface area contributed by atoms with Crippen LogP contribution in [0.5, 0.6) is 0 Å². The van der Waals surface area contributed by atoms with Gasteiger partial charge in [-0.1, -0.05) is 59.2 Å². The van der Waals surface area contributed by atoms with Crippen LogP contribution >= 0.6 is 35.0 Å². The Morgan fingerprint density at radius 1 is 1.23 bits per heavy atom. The van der Waals surface area contributed by atoms with Gasteiger partial charge < -0.3 is 5.32 Å². The van der Waals surface area contributed by atoms with Gasteiger partial charge in [0.1, 0.15) is 0 Å². The Labute approximate surface area is 165 Å². The molecule has 0 unspecified atom stereocenters. The fourth-order valence-corrected chi connectivity index (χ4v) is 4.05. The molecule has 0 bridgehead atoms. The zero-order valence-corrected chi connectivity index (χ0v) is 15.9. The summed E-state index contributed by atoms with van der Waals surface area (Å²) in [6.45, 7) is 0. The molecule has 5 nitrogen and oxygen atoms in total. The number of halogens is 2. The summed E-state index contributed by atoms with van der Waals surface area (Å²) in [4.78, 5) is 17.0. The smallest absolute Gasteiger partial charge is 0.234 e. The normalized spacial score (nSPS) is 17.5. The topological polar surface area (TPSA) is 57.1 Å². The highest BCUT2D eigenvalue weighted by Gasteiger charge is 2.32. The minimum atomic E-state index is -0.180. The molecule has 0 aromatic heterocycles. The molecular formula is C18H14Cl2N4OS. The monoisotopic (exact) mass is 404 g/mol. The van der Waals surface area contributed by atoms with E-state index in [1.807, 2.05) is 29.4 Å². The summed E-state index contributed by atoms with van der Waals surface area (Å²) in [7, 11) is 0. The number of aliphatic imine (C=N–C) groups is 1. The second-order valence-corrected chi connectivity index (χ2v) is 7.51. The van der Waals surface area contributed by atoms with Crippen molar-refractivity contribution >= 4 is 63.6 Å². The second kappa shape index (κ2) is 7.31. The van der Waals surface area contributed by atoms with Crippen LogP contribution in [0, 0.1) is 0 Å². The number of carbonyl (C=O) groups excluding carboxylic acids is 1. The minimum Gasteiger partial charge on any atom is -0.324 e. The van der Waals surface area contributed by atoms with Crippen LogP contribution in [0.3, 0.4) is 0 Å². The number of hydrazone groups is 1. The van der Waals surface area contributed by atoms with Crippen molar-refractivity contribution in [3.8, 4) is 0 Å². The molecule has 132 valence electrons. The first kappa shape index (κ1) is 17.4. The molecule has 4 rings (SSSR count). The maximum Gasteiger partial charge on any atom is 0.234 e. The molecular weight excluding hydrogens is 391 g/mol. The van der Waals surface area contributed by atoms with Gasteiger partial charge >= 0.3 is 0 Å². The van der Waals surface area contributed by atoms with Crippen LogP contribution in [0.15, 0.2) is 52.6 Å². The summed E-state index contributed by atoms with van der Waals surface area (Å²) in [5.74, 6) is 0.0169. The van der Waals surface area contributed by atoms with E-state index in [0.29, 0.717) is 15.7 Å². The number of benzene rings is 2. The van der Waals surface area contributed by atoms with Crippen molar-refractivity contribution < 1.29 is 4.79 Å². The van der Waals surface area contributed by atoms with Gasteiger partial charge in [-0.05, 0) is 18.2 Å². The number of anilines is 1. The molecule has 2 aromatic carbocycles. The maximum absolute atomic E-state index is 12.3. The molecule has 2 heterocycles. The van der Waals surface area contributed by atoms with Crippen LogP contribution in [0.4, 0.5) is 11.4 Å². The van der Waals surface area contributed by atoms with Crippen molar-refractivity contribution in [3.05, 3.63) is 58.1 Å². The predicted octanol–water partition coefficient (Wildman–Crippen LogP) is 5.10. The standard InChI is InChI=1S/C18H14Cl2N4OS/c19-12-5-3-7-14(17(12)20)22-16(25)10-26-18-23-13-6-2-1-4-11(13)15-8-9-21-24(15)18/h1-7,9,15H,8,10H2,(H,22,25)/t15-/m1/s1. The quantitative estimate of drug-likeness (QED) is 0.773. The molecule has 0 saturated carbocycles. The molecule has 2 aromatic rings. The minimum absolute atomic E-state index is 0.150. The number of rotatable bonds is 3. The third-order valence-corrected chi connectivity index (χ3v) is 5.86. The molecule has 1 atom stereocenters. The fourth-order valence-electron chi connectivity index (χ4n) is 2.90. The number of thioether (sulfide) groups is 1. The zero-order chi connectivity index (χ0) is 18.1. The van der Waals surface area contributed by atoms with Crippen molar-refractivity contribution in [1.82, 2.24) is 5.01 Å². The largest absolute Gasteiger partial charge is 0.324 e. The van der Waals surface area contributed by atoms with Gasteiger partial charge in [0, 0.05) is 18.2 Å². The molecule has 2 aliphatic heterocycles. The van der Waals surface area contributed by atoms with E-state index < -0.39 is 0 Å². The van der Waals surface area contributed by atoms with Crippen molar-refractivity contribution in [3.63, 3.8) is 0 Å². The molecule has 26 heavy (non-hydrogen) atoms. The van der Waals surface area contributed by atoms with Crippen molar-refractivity contribution in [1.29, 1.82) is 0 Å². The van der Waals surface area contributed by atoms with Crippen molar-refractivity contribution in [2.75, 3.05) is 11.1 Å². The molecule has 0 aliphatic carbocycles. The molecule has 0 radical (unpaired) electrons. The number of fused-ring (bicyclic) bond motifs is 3. The number of nitrogens with one attached hydrogen (secondary N) is 1. The van der Waals surface area contributed by atoms with Crippen LogP contribution in [0.2, 0.25) is 10.0 Å². The Bertz CT molecular complexity index is 931. The first-order valence-electron chi connectivity index (χ1n) is 7.99.